The van der Waals surface area contributed by atoms with Crippen molar-refractivity contribution in [3.63, 3.8) is 0 Å². The Kier molecular flexibility index (Phi) is 3.61. The van der Waals surface area contributed by atoms with E-state index in [-0.39, 0.29) is 5.54 Å². The van der Waals surface area contributed by atoms with Gasteiger partial charge >= 0.3 is 0 Å². The topological polar surface area (TPSA) is 3.24 Å². The second-order valence-electron chi connectivity index (χ2n) is 6.42. The van der Waals surface area contributed by atoms with E-state index >= 15 is 0 Å². The Morgan fingerprint density at radius 2 is 1.74 bits per heavy atom. The molecule has 19 heavy (non-hydrogen) atoms. The van der Waals surface area contributed by atoms with Gasteiger partial charge in [-0.15, -0.1) is 0 Å². The van der Waals surface area contributed by atoms with Gasteiger partial charge in [-0.3, -0.25) is 4.90 Å². The van der Waals surface area contributed by atoms with E-state index in [4.69, 9.17) is 11.6 Å². The van der Waals surface area contributed by atoms with Gasteiger partial charge < -0.3 is 0 Å². The highest BCUT2D eigenvalue weighted by atomic mass is 35.5. The molecule has 3 rings (SSSR count). The van der Waals surface area contributed by atoms with Gasteiger partial charge in [-0.1, -0.05) is 43.5 Å². The van der Waals surface area contributed by atoms with Crippen LogP contribution in [0.1, 0.15) is 51.0 Å². The van der Waals surface area contributed by atoms with Crippen molar-refractivity contribution < 1.29 is 0 Å². The minimum Gasteiger partial charge on any atom is -0.293 e. The summed E-state index contributed by atoms with van der Waals surface area (Å²) in [6, 6.07) is 9.35. The summed E-state index contributed by atoms with van der Waals surface area (Å²) in [5, 5.41) is 0.842. The largest absolute Gasteiger partial charge is 0.293 e. The first kappa shape index (κ1) is 13.5. The average molecular weight is 278 g/mol. The molecule has 1 nitrogen and oxygen atoms in total. The summed E-state index contributed by atoms with van der Waals surface area (Å²) >= 11 is 6.05. The van der Waals surface area contributed by atoms with Crippen molar-refractivity contribution in [3.05, 3.63) is 34.9 Å². The molecule has 2 heteroatoms. The Hall–Kier alpha value is -0.530. The lowest BCUT2D eigenvalue weighted by Gasteiger charge is -2.56. The molecule has 0 saturated heterocycles. The van der Waals surface area contributed by atoms with Crippen molar-refractivity contribution >= 4 is 11.6 Å². The van der Waals surface area contributed by atoms with Gasteiger partial charge in [-0.25, -0.2) is 0 Å². The molecule has 0 aliphatic heterocycles. The SMILES string of the molecule is CC1CCC1(c1ccc(Cl)cc1)N(C)C1CCCC1. The Labute approximate surface area is 121 Å². The fourth-order valence-electron chi connectivity index (χ4n) is 4.22. The highest BCUT2D eigenvalue weighted by Gasteiger charge is 2.50. The van der Waals surface area contributed by atoms with Crippen LogP contribution < -0.4 is 0 Å². The standard InChI is InChI=1S/C17H24ClN/c1-13-11-12-17(13,14-7-9-15(18)10-8-14)19(2)16-5-3-4-6-16/h7-10,13,16H,3-6,11-12H2,1-2H3. The molecule has 2 atom stereocenters. The lowest BCUT2D eigenvalue weighted by Crippen LogP contribution is -2.57. The highest BCUT2D eigenvalue weighted by Crippen LogP contribution is 2.52. The maximum absolute atomic E-state index is 6.05. The van der Waals surface area contributed by atoms with Crippen LogP contribution in [-0.4, -0.2) is 18.0 Å². The normalized spacial score (nSPS) is 31.7. The lowest BCUT2D eigenvalue weighted by atomic mass is 9.62. The minimum absolute atomic E-state index is 0.263. The second-order valence-corrected chi connectivity index (χ2v) is 6.86. The van der Waals surface area contributed by atoms with Gasteiger partial charge in [0.1, 0.15) is 0 Å². The monoisotopic (exact) mass is 277 g/mol. The van der Waals surface area contributed by atoms with Crippen LogP contribution >= 0.6 is 11.6 Å². The number of halogens is 1. The van der Waals surface area contributed by atoms with Gasteiger partial charge in [0.2, 0.25) is 0 Å². The van der Waals surface area contributed by atoms with E-state index in [9.17, 15) is 0 Å². The number of rotatable bonds is 3. The summed E-state index contributed by atoms with van der Waals surface area (Å²) in [5.41, 5.74) is 1.73. The van der Waals surface area contributed by atoms with Gasteiger partial charge in [0.05, 0.1) is 0 Å². The smallest absolute Gasteiger partial charge is 0.0486 e. The molecule has 2 saturated carbocycles. The number of hydrogen-bond donors (Lipinski definition) is 0. The van der Waals surface area contributed by atoms with Crippen molar-refractivity contribution in [2.24, 2.45) is 5.92 Å². The molecule has 0 amide bonds. The van der Waals surface area contributed by atoms with Crippen LogP contribution in [0.15, 0.2) is 24.3 Å². The first-order chi connectivity index (χ1) is 9.14. The molecule has 0 bridgehead atoms. The summed E-state index contributed by atoms with van der Waals surface area (Å²) in [5.74, 6) is 0.749. The predicted molar refractivity (Wildman–Crippen MR) is 81.5 cm³/mol. The summed E-state index contributed by atoms with van der Waals surface area (Å²) in [6.07, 6.45) is 8.19. The predicted octanol–water partition coefficient (Wildman–Crippen LogP) is 4.84. The van der Waals surface area contributed by atoms with E-state index in [0.29, 0.717) is 0 Å². The number of benzene rings is 1. The van der Waals surface area contributed by atoms with Gasteiger partial charge in [-0.05, 0) is 56.3 Å². The van der Waals surface area contributed by atoms with E-state index in [1.54, 1.807) is 0 Å². The van der Waals surface area contributed by atoms with Crippen LogP contribution in [-0.2, 0) is 5.54 Å². The summed E-state index contributed by atoms with van der Waals surface area (Å²) in [6.45, 7) is 2.41. The fraction of sp³-hybridized carbons (Fsp3) is 0.647. The van der Waals surface area contributed by atoms with E-state index < -0.39 is 0 Å². The van der Waals surface area contributed by atoms with Crippen molar-refractivity contribution in [1.82, 2.24) is 4.90 Å². The fourth-order valence-corrected chi connectivity index (χ4v) is 4.34. The van der Waals surface area contributed by atoms with Crippen LogP contribution in [0.25, 0.3) is 0 Å². The highest BCUT2D eigenvalue weighted by molar-refractivity contribution is 6.30. The van der Waals surface area contributed by atoms with Crippen LogP contribution in [0.4, 0.5) is 0 Å². The molecule has 2 fully saturated rings. The first-order valence-corrected chi connectivity index (χ1v) is 8.01. The van der Waals surface area contributed by atoms with Gasteiger partial charge in [0.25, 0.3) is 0 Å². The van der Waals surface area contributed by atoms with E-state index in [1.807, 2.05) is 12.1 Å². The third-order valence-electron chi connectivity index (χ3n) is 5.62. The molecule has 0 spiro atoms. The summed E-state index contributed by atoms with van der Waals surface area (Å²) in [7, 11) is 2.35. The average Bonchev–Trinajstić information content (AvgIpc) is 2.93. The van der Waals surface area contributed by atoms with Gasteiger partial charge in [-0.2, -0.15) is 0 Å². The maximum Gasteiger partial charge on any atom is 0.0486 e. The summed E-state index contributed by atoms with van der Waals surface area (Å²) < 4.78 is 0. The third-order valence-corrected chi connectivity index (χ3v) is 5.87. The van der Waals surface area contributed by atoms with Crippen LogP contribution in [0.3, 0.4) is 0 Å². The maximum atomic E-state index is 6.05. The van der Waals surface area contributed by atoms with Gasteiger partial charge in [0.15, 0.2) is 0 Å². The molecular weight excluding hydrogens is 254 g/mol. The van der Waals surface area contributed by atoms with Crippen LogP contribution in [0.5, 0.6) is 0 Å². The molecular formula is C17H24ClN. The third kappa shape index (κ3) is 2.11. The molecule has 0 heterocycles. The number of nitrogens with zero attached hydrogens (tertiary/aromatic N) is 1. The molecule has 0 N–H and O–H groups in total. The molecule has 0 radical (unpaired) electrons. The van der Waals surface area contributed by atoms with E-state index in [0.717, 1.165) is 17.0 Å². The molecule has 2 aliphatic rings. The first-order valence-electron chi connectivity index (χ1n) is 7.63. The molecule has 2 aliphatic carbocycles. The Morgan fingerprint density at radius 1 is 1.11 bits per heavy atom. The van der Waals surface area contributed by atoms with Crippen LogP contribution in [0, 0.1) is 5.92 Å². The Bertz CT molecular complexity index is 435. The van der Waals surface area contributed by atoms with Crippen molar-refractivity contribution in [2.75, 3.05) is 7.05 Å². The second kappa shape index (κ2) is 5.10. The zero-order valence-electron chi connectivity index (χ0n) is 12.0. The van der Waals surface area contributed by atoms with E-state index in [1.165, 1.54) is 44.1 Å². The number of hydrogen-bond acceptors (Lipinski definition) is 1. The van der Waals surface area contributed by atoms with Gasteiger partial charge in [0, 0.05) is 16.6 Å². The van der Waals surface area contributed by atoms with Crippen molar-refractivity contribution in [1.29, 1.82) is 0 Å². The van der Waals surface area contributed by atoms with Crippen molar-refractivity contribution in [3.8, 4) is 0 Å². The summed E-state index contributed by atoms with van der Waals surface area (Å²) in [4.78, 5) is 2.69. The molecule has 1 aromatic carbocycles. The molecule has 104 valence electrons. The zero-order chi connectivity index (χ0) is 13.5. The molecule has 1 aromatic rings. The van der Waals surface area contributed by atoms with Crippen molar-refractivity contribution in [2.45, 2.75) is 57.0 Å². The van der Waals surface area contributed by atoms with E-state index in [2.05, 4.69) is 31.0 Å². The molecule has 2 unspecified atom stereocenters. The Morgan fingerprint density at radius 3 is 2.21 bits per heavy atom. The zero-order valence-corrected chi connectivity index (χ0v) is 12.8. The molecule has 0 aromatic heterocycles. The lowest BCUT2D eigenvalue weighted by molar-refractivity contribution is -0.0501. The minimum atomic E-state index is 0.263. The Balaban J connectivity index is 1.92. The van der Waals surface area contributed by atoms with Crippen LogP contribution in [0.2, 0.25) is 5.02 Å². The quantitative estimate of drug-likeness (QED) is 0.764.